The van der Waals surface area contributed by atoms with Gasteiger partial charge in [-0.15, -0.1) is 0 Å². The molecule has 0 bridgehead atoms. The van der Waals surface area contributed by atoms with E-state index in [-0.39, 0.29) is 23.8 Å². The molecule has 3 N–H and O–H groups in total. The van der Waals surface area contributed by atoms with Gasteiger partial charge < -0.3 is 15.5 Å². The van der Waals surface area contributed by atoms with Crippen LogP contribution >= 0.6 is 0 Å². The lowest BCUT2D eigenvalue weighted by molar-refractivity contribution is -0.143. The number of carbonyl (C=O) groups excluding carboxylic acids is 2. The number of nitrogens with one attached hydrogen (secondary N) is 1. The summed E-state index contributed by atoms with van der Waals surface area (Å²) in [5, 5.41) is 3.23. The Balaban J connectivity index is 2.36. The largest absolute Gasteiger partial charge is 0.365 e. The number of nitrogens with two attached hydrogens (primary N) is 1. The highest BCUT2D eigenvalue weighted by Gasteiger charge is 2.39. The van der Waals surface area contributed by atoms with Gasteiger partial charge in [-0.1, -0.05) is 0 Å². The Bertz CT molecular complexity index is 366. The first kappa shape index (κ1) is 10.9. The molecule has 0 spiro atoms. The molecular weight excluding hydrogens is 208 g/mol. The van der Waals surface area contributed by atoms with Crippen LogP contribution in [0.25, 0.3) is 0 Å². The van der Waals surface area contributed by atoms with Gasteiger partial charge in [0.05, 0.1) is 0 Å². The van der Waals surface area contributed by atoms with Gasteiger partial charge >= 0.3 is 0 Å². The van der Waals surface area contributed by atoms with Crippen molar-refractivity contribution in [1.29, 1.82) is 0 Å². The van der Waals surface area contributed by atoms with E-state index in [0.717, 1.165) is 13.0 Å². The zero-order chi connectivity index (χ0) is 11.9. The lowest BCUT2D eigenvalue weighted by Crippen LogP contribution is -2.65. The third-order valence-electron chi connectivity index (χ3n) is 3.08. The van der Waals surface area contributed by atoms with E-state index in [0.29, 0.717) is 0 Å². The summed E-state index contributed by atoms with van der Waals surface area (Å²) in [6.07, 6.45) is 2.22. The van der Waals surface area contributed by atoms with Crippen molar-refractivity contribution in [3.05, 3.63) is 11.8 Å². The standard InChI is InChI=1S/C10H16N4O2/c1-6-3-4-12-10-13(2)5-7(8(11)15)9(16)14(6)10/h5-6,10,12H,3-4H2,1-2H3,(H2,11,15). The van der Waals surface area contributed by atoms with Crippen LogP contribution < -0.4 is 11.1 Å². The summed E-state index contributed by atoms with van der Waals surface area (Å²) in [4.78, 5) is 26.7. The van der Waals surface area contributed by atoms with E-state index in [4.69, 9.17) is 5.73 Å². The van der Waals surface area contributed by atoms with E-state index >= 15 is 0 Å². The fourth-order valence-electron chi connectivity index (χ4n) is 2.19. The van der Waals surface area contributed by atoms with Crippen LogP contribution in [0, 0.1) is 0 Å². The summed E-state index contributed by atoms with van der Waals surface area (Å²) in [5.41, 5.74) is 5.24. The number of rotatable bonds is 1. The molecule has 0 saturated carbocycles. The van der Waals surface area contributed by atoms with E-state index in [1.165, 1.54) is 6.20 Å². The molecule has 2 heterocycles. The van der Waals surface area contributed by atoms with Crippen molar-refractivity contribution < 1.29 is 9.59 Å². The highest BCUT2D eigenvalue weighted by Crippen LogP contribution is 2.22. The quantitative estimate of drug-likeness (QED) is 0.548. The minimum Gasteiger partial charge on any atom is -0.365 e. The van der Waals surface area contributed by atoms with Crippen LogP contribution in [0.4, 0.5) is 0 Å². The van der Waals surface area contributed by atoms with Gasteiger partial charge in [0.15, 0.2) is 6.29 Å². The number of nitrogens with zero attached hydrogens (tertiary/aromatic N) is 2. The molecular formula is C10H16N4O2. The molecule has 88 valence electrons. The first-order valence-electron chi connectivity index (χ1n) is 5.32. The molecule has 0 radical (unpaired) electrons. The molecule has 2 rings (SSSR count). The number of primary amides is 1. The molecule has 2 atom stereocenters. The maximum absolute atomic E-state index is 12.0. The van der Waals surface area contributed by atoms with Gasteiger partial charge in [0.25, 0.3) is 11.8 Å². The lowest BCUT2D eigenvalue weighted by Gasteiger charge is -2.47. The fraction of sp³-hybridized carbons (Fsp3) is 0.600. The monoisotopic (exact) mass is 224 g/mol. The Morgan fingerprint density at radius 2 is 2.31 bits per heavy atom. The van der Waals surface area contributed by atoms with Gasteiger partial charge in [-0.3, -0.25) is 14.9 Å². The minimum atomic E-state index is -0.673. The molecule has 2 aliphatic rings. The smallest absolute Gasteiger partial charge is 0.263 e. The second kappa shape index (κ2) is 3.79. The lowest BCUT2D eigenvalue weighted by atomic mass is 10.1. The van der Waals surface area contributed by atoms with Crippen molar-refractivity contribution in [3.63, 3.8) is 0 Å². The highest BCUT2D eigenvalue weighted by atomic mass is 16.2. The predicted octanol–water partition coefficient (Wildman–Crippen LogP) is -1.20. The van der Waals surface area contributed by atoms with E-state index < -0.39 is 5.91 Å². The van der Waals surface area contributed by atoms with E-state index in [9.17, 15) is 9.59 Å². The van der Waals surface area contributed by atoms with Gasteiger partial charge in [0.2, 0.25) is 0 Å². The number of hydrogen-bond donors (Lipinski definition) is 2. The highest BCUT2D eigenvalue weighted by molar-refractivity contribution is 6.18. The second-order valence-corrected chi connectivity index (χ2v) is 4.25. The van der Waals surface area contributed by atoms with Crippen LogP contribution in [0.15, 0.2) is 11.8 Å². The topological polar surface area (TPSA) is 78.7 Å². The Morgan fingerprint density at radius 1 is 1.62 bits per heavy atom. The SMILES string of the molecule is CC1CCNC2N(C)C=C(C(N)=O)C(=O)N12. The molecule has 1 fully saturated rings. The van der Waals surface area contributed by atoms with Crippen LogP contribution in [0.3, 0.4) is 0 Å². The zero-order valence-corrected chi connectivity index (χ0v) is 9.43. The maximum atomic E-state index is 12.0. The normalized spacial score (nSPS) is 29.9. The molecule has 0 aromatic heterocycles. The van der Waals surface area contributed by atoms with Crippen molar-refractivity contribution >= 4 is 11.8 Å². The Morgan fingerprint density at radius 3 is 2.94 bits per heavy atom. The van der Waals surface area contributed by atoms with Gasteiger partial charge in [0.1, 0.15) is 5.57 Å². The molecule has 0 aliphatic carbocycles. The summed E-state index contributed by atoms with van der Waals surface area (Å²) < 4.78 is 0. The van der Waals surface area contributed by atoms with Crippen molar-refractivity contribution in [3.8, 4) is 0 Å². The average molecular weight is 224 g/mol. The van der Waals surface area contributed by atoms with Crippen molar-refractivity contribution in [2.75, 3.05) is 13.6 Å². The minimum absolute atomic E-state index is 0.0503. The third-order valence-corrected chi connectivity index (χ3v) is 3.08. The zero-order valence-electron chi connectivity index (χ0n) is 9.43. The summed E-state index contributed by atoms with van der Waals surface area (Å²) in [5.74, 6) is -0.955. The number of fused-ring (bicyclic) bond motifs is 1. The number of carbonyl (C=O) groups is 2. The van der Waals surface area contributed by atoms with Gasteiger partial charge in [-0.25, -0.2) is 0 Å². The van der Waals surface area contributed by atoms with E-state index in [2.05, 4.69) is 5.32 Å². The summed E-state index contributed by atoms with van der Waals surface area (Å²) in [6, 6.07) is 0.115. The first-order chi connectivity index (χ1) is 7.52. The molecule has 6 heteroatoms. The molecule has 2 amide bonds. The van der Waals surface area contributed by atoms with Crippen LogP contribution in [-0.4, -0.2) is 47.5 Å². The second-order valence-electron chi connectivity index (χ2n) is 4.25. The summed E-state index contributed by atoms with van der Waals surface area (Å²) in [6.45, 7) is 2.84. The van der Waals surface area contributed by atoms with Crippen LogP contribution in [0.2, 0.25) is 0 Å². The molecule has 6 nitrogen and oxygen atoms in total. The predicted molar refractivity (Wildman–Crippen MR) is 57.8 cm³/mol. The van der Waals surface area contributed by atoms with Gasteiger partial charge in [-0.2, -0.15) is 0 Å². The first-order valence-corrected chi connectivity index (χ1v) is 5.32. The van der Waals surface area contributed by atoms with Crippen molar-refractivity contribution in [2.24, 2.45) is 5.73 Å². The molecule has 2 aliphatic heterocycles. The maximum Gasteiger partial charge on any atom is 0.263 e. The average Bonchev–Trinajstić information content (AvgIpc) is 2.22. The Hall–Kier alpha value is -1.56. The van der Waals surface area contributed by atoms with Crippen LogP contribution in [-0.2, 0) is 9.59 Å². The number of amides is 2. The van der Waals surface area contributed by atoms with Crippen LogP contribution in [0.5, 0.6) is 0 Å². The van der Waals surface area contributed by atoms with E-state index in [1.807, 2.05) is 14.0 Å². The molecule has 2 unspecified atom stereocenters. The van der Waals surface area contributed by atoms with Gasteiger partial charge in [-0.05, 0) is 13.3 Å². The summed E-state index contributed by atoms with van der Waals surface area (Å²) in [7, 11) is 1.82. The van der Waals surface area contributed by atoms with Crippen LogP contribution in [0.1, 0.15) is 13.3 Å². The molecule has 16 heavy (non-hydrogen) atoms. The van der Waals surface area contributed by atoms with Crippen molar-refractivity contribution in [1.82, 2.24) is 15.1 Å². The molecule has 0 aromatic rings. The fourth-order valence-corrected chi connectivity index (χ4v) is 2.19. The summed E-state index contributed by atoms with van der Waals surface area (Å²) >= 11 is 0. The van der Waals surface area contributed by atoms with Gasteiger partial charge in [0, 0.05) is 25.8 Å². The molecule has 0 aromatic carbocycles. The third kappa shape index (κ3) is 1.55. The van der Waals surface area contributed by atoms with Crippen molar-refractivity contribution in [2.45, 2.75) is 25.7 Å². The van der Waals surface area contributed by atoms with E-state index in [1.54, 1.807) is 9.80 Å². The number of hydrogen-bond acceptors (Lipinski definition) is 4. The Kier molecular flexibility index (Phi) is 2.59. The Labute approximate surface area is 94.1 Å². The molecule has 1 saturated heterocycles.